The van der Waals surface area contributed by atoms with Gasteiger partial charge in [-0.15, -0.1) is 0 Å². The number of aryl methyl sites for hydroxylation is 1. The van der Waals surface area contributed by atoms with Gasteiger partial charge in [-0.2, -0.15) is 4.39 Å². The predicted molar refractivity (Wildman–Crippen MR) is 71.4 cm³/mol. The molecule has 3 nitrogen and oxygen atoms in total. The molecular weight excluding hydrogens is 262 g/mol. The zero-order valence-corrected chi connectivity index (χ0v) is 11.0. The smallest absolute Gasteiger partial charge is 0.251 e. The van der Waals surface area contributed by atoms with Crippen LogP contribution in [-0.4, -0.2) is 17.4 Å². The molecule has 0 saturated carbocycles. The third-order valence-electron chi connectivity index (χ3n) is 2.97. The summed E-state index contributed by atoms with van der Waals surface area (Å²) in [4.78, 5) is 15.1. The van der Waals surface area contributed by atoms with Gasteiger partial charge in [-0.3, -0.25) is 4.79 Å². The first-order valence-electron chi connectivity index (χ1n) is 6.21. The molecule has 0 aliphatic carbocycles. The minimum Gasteiger partial charge on any atom is -0.352 e. The van der Waals surface area contributed by atoms with E-state index in [9.17, 15) is 13.6 Å². The number of nitrogens with one attached hydrogen (secondary N) is 1. The molecule has 0 aliphatic rings. The van der Waals surface area contributed by atoms with Crippen LogP contribution in [0.5, 0.6) is 0 Å². The van der Waals surface area contributed by atoms with Crippen LogP contribution in [-0.2, 0) is 6.42 Å². The average molecular weight is 276 g/mol. The molecule has 1 N–H and O–H groups in total. The quantitative estimate of drug-likeness (QED) is 0.872. The predicted octanol–water partition coefficient (Wildman–Crippen LogP) is 2.64. The Bertz CT molecular complexity index is 629. The highest BCUT2D eigenvalue weighted by Crippen LogP contribution is 2.10. The van der Waals surface area contributed by atoms with Crippen molar-refractivity contribution < 1.29 is 13.6 Å². The summed E-state index contributed by atoms with van der Waals surface area (Å²) < 4.78 is 25.8. The second kappa shape index (κ2) is 6.23. The van der Waals surface area contributed by atoms with Gasteiger partial charge in [0.25, 0.3) is 5.91 Å². The van der Waals surface area contributed by atoms with Gasteiger partial charge in [0, 0.05) is 24.4 Å². The van der Waals surface area contributed by atoms with Gasteiger partial charge < -0.3 is 5.32 Å². The maximum Gasteiger partial charge on any atom is 0.251 e. The summed E-state index contributed by atoms with van der Waals surface area (Å²) in [6, 6.07) is 7.07. The standard InChI is InChI=1S/C15H14F2N2O/c1-10-8-13(16)3-2-11(10)4-7-19-15(20)12-5-6-18-14(17)9-12/h2-3,5-6,8-9H,4,7H2,1H3,(H,19,20). The molecule has 0 atom stereocenters. The molecule has 0 fully saturated rings. The highest BCUT2D eigenvalue weighted by molar-refractivity contribution is 5.93. The third kappa shape index (κ3) is 3.60. The number of carbonyl (C=O) groups excluding carboxylic acids is 1. The molecule has 104 valence electrons. The Morgan fingerprint density at radius 1 is 1.25 bits per heavy atom. The molecule has 1 aromatic carbocycles. The number of carbonyl (C=O) groups is 1. The van der Waals surface area contributed by atoms with Crippen molar-refractivity contribution in [3.63, 3.8) is 0 Å². The van der Waals surface area contributed by atoms with Crippen molar-refractivity contribution in [3.05, 3.63) is 65.0 Å². The summed E-state index contributed by atoms with van der Waals surface area (Å²) in [5.74, 6) is -1.32. The van der Waals surface area contributed by atoms with E-state index >= 15 is 0 Å². The SMILES string of the molecule is Cc1cc(F)ccc1CCNC(=O)c1ccnc(F)c1. The molecule has 0 radical (unpaired) electrons. The van der Waals surface area contributed by atoms with Crippen molar-refractivity contribution in [1.82, 2.24) is 10.3 Å². The van der Waals surface area contributed by atoms with Crippen LogP contribution in [0.1, 0.15) is 21.5 Å². The highest BCUT2D eigenvalue weighted by atomic mass is 19.1. The van der Waals surface area contributed by atoms with Crippen LogP contribution < -0.4 is 5.32 Å². The van der Waals surface area contributed by atoms with E-state index in [1.54, 1.807) is 6.07 Å². The first-order chi connectivity index (χ1) is 9.56. The monoisotopic (exact) mass is 276 g/mol. The first-order valence-corrected chi connectivity index (χ1v) is 6.21. The Balaban J connectivity index is 1.91. The van der Waals surface area contributed by atoms with Crippen LogP contribution >= 0.6 is 0 Å². The van der Waals surface area contributed by atoms with E-state index in [-0.39, 0.29) is 17.3 Å². The zero-order valence-electron chi connectivity index (χ0n) is 11.0. The summed E-state index contributed by atoms with van der Waals surface area (Å²) in [7, 11) is 0. The Labute approximate surface area is 115 Å². The lowest BCUT2D eigenvalue weighted by molar-refractivity contribution is 0.0953. The van der Waals surface area contributed by atoms with Crippen molar-refractivity contribution in [2.24, 2.45) is 0 Å². The normalized spacial score (nSPS) is 10.3. The summed E-state index contributed by atoms with van der Waals surface area (Å²) in [6.07, 6.45) is 1.83. The van der Waals surface area contributed by atoms with Crippen LogP contribution in [0.2, 0.25) is 0 Å². The van der Waals surface area contributed by atoms with Crippen molar-refractivity contribution in [2.45, 2.75) is 13.3 Å². The van der Waals surface area contributed by atoms with Crippen LogP contribution in [0, 0.1) is 18.7 Å². The molecule has 2 rings (SSSR count). The number of benzene rings is 1. The summed E-state index contributed by atoms with van der Waals surface area (Å²) >= 11 is 0. The van der Waals surface area contributed by atoms with Gasteiger partial charge in [-0.25, -0.2) is 9.37 Å². The van der Waals surface area contributed by atoms with Crippen LogP contribution in [0.3, 0.4) is 0 Å². The Morgan fingerprint density at radius 3 is 2.75 bits per heavy atom. The number of hydrogen-bond donors (Lipinski definition) is 1. The molecule has 0 spiro atoms. The van der Waals surface area contributed by atoms with Crippen molar-refractivity contribution >= 4 is 5.91 Å². The fraction of sp³-hybridized carbons (Fsp3) is 0.200. The average Bonchev–Trinajstić information content (AvgIpc) is 2.41. The third-order valence-corrected chi connectivity index (χ3v) is 2.97. The van der Waals surface area contributed by atoms with E-state index in [4.69, 9.17) is 0 Å². The first kappa shape index (κ1) is 14.1. The molecule has 5 heteroatoms. The fourth-order valence-electron chi connectivity index (χ4n) is 1.90. The van der Waals surface area contributed by atoms with Gasteiger partial charge in [0.1, 0.15) is 5.82 Å². The number of pyridine rings is 1. The van der Waals surface area contributed by atoms with Gasteiger partial charge >= 0.3 is 0 Å². The number of aromatic nitrogens is 1. The Hall–Kier alpha value is -2.30. The maximum absolute atomic E-state index is 12.9. The fourth-order valence-corrected chi connectivity index (χ4v) is 1.90. The van der Waals surface area contributed by atoms with E-state index in [2.05, 4.69) is 10.3 Å². The molecule has 1 amide bonds. The van der Waals surface area contributed by atoms with Crippen molar-refractivity contribution in [1.29, 1.82) is 0 Å². The van der Waals surface area contributed by atoms with E-state index in [1.165, 1.54) is 24.4 Å². The number of halogens is 2. The van der Waals surface area contributed by atoms with Crippen molar-refractivity contribution in [2.75, 3.05) is 6.54 Å². The summed E-state index contributed by atoms with van der Waals surface area (Å²) in [5.41, 5.74) is 2.04. The lowest BCUT2D eigenvalue weighted by atomic mass is 10.1. The Morgan fingerprint density at radius 2 is 2.05 bits per heavy atom. The number of hydrogen-bond acceptors (Lipinski definition) is 2. The van der Waals surface area contributed by atoms with Crippen LogP contribution in [0.25, 0.3) is 0 Å². The molecule has 2 aromatic rings. The molecule has 1 aromatic heterocycles. The van der Waals surface area contributed by atoms with E-state index in [0.717, 1.165) is 17.2 Å². The van der Waals surface area contributed by atoms with Gasteiger partial charge in [-0.1, -0.05) is 6.07 Å². The number of rotatable bonds is 4. The largest absolute Gasteiger partial charge is 0.352 e. The number of nitrogens with zero attached hydrogens (tertiary/aromatic N) is 1. The molecule has 0 unspecified atom stereocenters. The van der Waals surface area contributed by atoms with Gasteiger partial charge in [0.05, 0.1) is 0 Å². The lowest BCUT2D eigenvalue weighted by Gasteiger charge is -2.08. The molecule has 0 bridgehead atoms. The van der Waals surface area contributed by atoms with Gasteiger partial charge in [0.15, 0.2) is 0 Å². The van der Waals surface area contributed by atoms with Crippen LogP contribution in [0.15, 0.2) is 36.5 Å². The molecule has 0 saturated heterocycles. The minimum atomic E-state index is -0.688. The second-order valence-electron chi connectivity index (χ2n) is 4.44. The van der Waals surface area contributed by atoms with Gasteiger partial charge in [0.2, 0.25) is 5.95 Å². The van der Waals surface area contributed by atoms with E-state index in [0.29, 0.717) is 13.0 Å². The van der Waals surface area contributed by atoms with E-state index in [1.807, 2.05) is 6.92 Å². The molecule has 0 aliphatic heterocycles. The molecular formula is C15H14F2N2O. The topological polar surface area (TPSA) is 42.0 Å². The second-order valence-corrected chi connectivity index (χ2v) is 4.44. The summed E-state index contributed by atoms with van der Waals surface area (Å²) in [6.45, 7) is 2.22. The van der Waals surface area contributed by atoms with Crippen molar-refractivity contribution in [3.8, 4) is 0 Å². The molecule has 1 heterocycles. The summed E-state index contributed by atoms with van der Waals surface area (Å²) in [5, 5.41) is 2.69. The van der Waals surface area contributed by atoms with Crippen LogP contribution in [0.4, 0.5) is 8.78 Å². The Kier molecular flexibility index (Phi) is 4.40. The molecule has 20 heavy (non-hydrogen) atoms. The highest BCUT2D eigenvalue weighted by Gasteiger charge is 2.07. The number of amides is 1. The lowest BCUT2D eigenvalue weighted by Crippen LogP contribution is -2.26. The van der Waals surface area contributed by atoms with E-state index < -0.39 is 5.95 Å². The maximum atomic E-state index is 12.9. The zero-order chi connectivity index (χ0) is 14.5. The van der Waals surface area contributed by atoms with Gasteiger partial charge in [-0.05, 0) is 42.7 Å². The minimum absolute atomic E-state index is 0.230.